The van der Waals surface area contributed by atoms with Gasteiger partial charge in [0, 0.05) is 21.4 Å². The molecule has 0 aliphatic rings. The lowest BCUT2D eigenvalue weighted by atomic mass is 10.1. The molecule has 2 aromatic heterocycles. The molecule has 2 aromatic carbocycles. The van der Waals surface area contributed by atoms with Gasteiger partial charge in [-0.15, -0.1) is 22.7 Å². The number of rotatable bonds is 6. The van der Waals surface area contributed by atoms with Gasteiger partial charge < -0.3 is 0 Å². The van der Waals surface area contributed by atoms with E-state index in [1.165, 1.54) is 28.7 Å². The van der Waals surface area contributed by atoms with Gasteiger partial charge in [0.15, 0.2) is 0 Å². The van der Waals surface area contributed by atoms with Crippen molar-refractivity contribution in [3.05, 3.63) is 76.7 Å². The van der Waals surface area contributed by atoms with Crippen molar-refractivity contribution in [3.63, 3.8) is 0 Å². The maximum absolute atomic E-state index is 14.1. The second-order valence-electron chi connectivity index (χ2n) is 6.24. The summed E-state index contributed by atoms with van der Waals surface area (Å²) in [6, 6.07) is 17.0. The van der Waals surface area contributed by atoms with Crippen LogP contribution in [0.25, 0.3) is 21.8 Å². The van der Waals surface area contributed by atoms with Crippen LogP contribution in [0, 0.1) is 5.82 Å². The molecular weight excluding hydrogens is 427 g/mol. The molecule has 4 rings (SSSR count). The molecular formula is C21H17FN2O2S3. The molecule has 0 aliphatic carbocycles. The minimum Gasteiger partial charge on any atom is -0.278 e. The van der Waals surface area contributed by atoms with E-state index in [0.717, 1.165) is 11.3 Å². The van der Waals surface area contributed by atoms with E-state index in [-0.39, 0.29) is 10.0 Å². The van der Waals surface area contributed by atoms with E-state index in [2.05, 4.69) is 9.71 Å². The predicted octanol–water partition coefficient (Wildman–Crippen LogP) is 6.04. The molecule has 0 saturated heterocycles. The molecule has 0 radical (unpaired) electrons. The first-order valence-corrected chi connectivity index (χ1v) is 12.1. The minimum absolute atomic E-state index is 0.273. The van der Waals surface area contributed by atoms with Gasteiger partial charge in [-0.3, -0.25) is 4.72 Å². The zero-order chi connectivity index (χ0) is 20.4. The molecule has 1 N–H and O–H groups in total. The van der Waals surface area contributed by atoms with Gasteiger partial charge in [0.1, 0.15) is 15.0 Å². The highest BCUT2D eigenvalue weighted by Crippen LogP contribution is 2.35. The number of thiophene rings is 1. The van der Waals surface area contributed by atoms with Crippen molar-refractivity contribution in [3.8, 4) is 21.8 Å². The van der Waals surface area contributed by atoms with Crippen LogP contribution in [0.3, 0.4) is 0 Å². The summed E-state index contributed by atoms with van der Waals surface area (Å²) >= 11 is 2.57. The van der Waals surface area contributed by atoms with Crippen LogP contribution in [-0.2, 0) is 16.4 Å². The van der Waals surface area contributed by atoms with Gasteiger partial charge in [0.2, 0.25) is 0 Å². The van der Waals surface area contributed by atoms with Gasteiger partial charge in [0.25, 0.3) is 10.0 Å². The Bertz CT molecular complexity index is 1260. The van der Waals surface area contributed by atoms with Gasteiger partial charge in [-0.05, 0) is 36.8 Å². The number of hydrogen-bond donors (Lipinski definition) is 1. The zero-order valence-electron chi connectivity index (χ0n) is 15.4. The van der Waals surface area contributed by atoms with E-state index < -0.39 is 10.0 Å². The first kappa shape index (κ1) is 19.8. The highest BCUT2D eigenvalue weighted by molar-refractivity contribution is 7.94. The predicted molar refractivity (Wildman–Crippen MR) is 117 cm³/mol. The van der Waals surface area contributed by atoms with E-state index in [4.69, 9.17) is 0 Å². The fourth-order valence-electron chi connectivity index (χ4n) is 2.84. The Kier molecular flexibility index (Phi) is 5.49. The highest BCUT2D eigenvalue weighted by Gasteiger charge is 2.20. The number of para-hydroxylation sites is 1. The van der Waals surface area contributed by atoms with Gasteiger partial charge in [-0.25, -0.2) is 17.8 Å². The Balaban J connectivity index is 1.68. The van der Waals surface area contributed by atoms with Crippen molar-refractivity contribution in [1.29, 1.82) is 0 Å². The molecule has 0 aliphatic heterocycles. The van der Waals surface area contributed by atoms with Crippen molar-refractivity contribution >= 4 is 38.4 Å². The van der Waals surface area contributed by atoms with Crippen LogP contribution in [0.5, 0.6) is 0 Å². The summed E-state index contributed by atoms with van der Waals surface area (Å²) in [6.45, 7) is 1.99. The van der Waals surface area contributed by atoms with Crippen LogP contribution >= 0.6 is 22.7 Å². The van der Waals surface area contributed by atoms with Crippen molar-refractivity contribution in [2.75, 3.05) is 4.72 Å². The summed E-state index contributed by atoms with van der Waals surface area (Å²) in [5, 5.41) is 2.34. The Hall–Kier alpha value is -2.55. The van der Waals surface area contributed by atoms with Crippen LogP contribution in [0.15, 0.2) is 70.3 Å². The third-order valence-electron chi connectivity index (χ3n) is 4.31. The van der Waals surface area contributed by atoms with E-state index in [0.29, 0.717) is 27.5 Å². The number of thiazole rings is 1. The van der Waals surface area contributed by atoms with Crippen LogP contribution in [-0.4, -0.2) is 13.4 Å². The largest absolute Gasteiger partial charge is 0.278 e. The van der Waals surface area contributed by atoms with Crippen LogP contribution in [0.4, 0.5) is 10.1 Å². The number of aromatic nitrogens is 1. The lowest BCUT2D eigenvalue weighted by Gasteiger charge is -2.10. The lowest BCUT2D eigenvalue weighted by molar-refractivity contribution is 0.603. The number of halogens is 1. The van der Waals surface area contributed by atoms with E-state index in [1.54, 1.807) is 47.8 Å². The average molecular weight is 445 g/mol. The number of nitrogens with one attached hydrogen (secondary N) is 1. The second kappa shape index (κ2) is 8.06. The van der Waals surface area contributed by atoms with Crippen LogP contribution in [0.1, 0.15) is 11.8 Å². The molecule has 0 unspecified atom stereocenters. The normalized spacial score (nSPS) is 11.5. The molecule has 148 valence electrons. The molecule has 0 bridgehead atoms. The molecule has 0 saturated carbocycles. The molecule has 0 atom stereocenters. The van der Waals surface area contributed by atoms with Crippen LogP contribution in [0.2, 0.25) is 0 Å². The molecule has 4 nitrogen and oxygen atoms in total. The summed E-state index contributed by atoms with van der Waals surface area (Å²) in [6.07, 6.45) is 0.786. The first-order valence-electron chi connectivity index (χ1n) is 8.89. The van der Waals surface area contributed by atoms with Gasteiger partial charge in [-0.2, -0.15) is 0 Å². The number of benzene rings is 2. The molecule has 8 heteroatoms. The number of anilines is 1. The summed E-state index contributed by atoms with van der Waals surface area (Å²) in [4.78, 5) is 5.55. The smallest absolute Gasteiger partial charge is 0.271 e. The molecule has 0 fully saturated rings. The number of nitrogens with zero attached hydrogens (tertiary/aromatic N) is 1. The highest BCUT2D eigenvalue weighted by atomic mass is 32.2. The standard InChI is InChI=1S/C21H17FN2O2S3/c1-2-14-11-12-20(28-14)29(25,26)24-18-10-6-4-8-16(18)19-13-27-21(23-19)15-7-3-5-9-17(15)22/h3-13,24H,2H2,1H3. The number of sulfonamides is 1. The Labute approximate surface area is 176 Å². The minimum atomic E-state index is -3.70. The maximum atomic E-state index is 14.1. The third-order valence-corrected chi connectivity index (χ3v) is 8.27. The van der Waals surface area contributed by atoms with Gasteiger partial charge >= 0.3 is 0 Å². The Morgan fingerprint density at radius 2 is 1.72 bits per heavy atom. The van der Waals surface area contributed by atoms with Gasteiger partial charge in [-0.1, -0.05) is 37.3 Å². The fraction of sp³-hybridized carbons (Fsp3) is 0.0952. The molecule has 4 aromatic rings. The SMILES string of the molecule is CCc1ccc(S(=O)(=O)Nc2ccccc2-c2csc(-c3ccccc3F)n2)s1. The maximum Gasteiger partial charge on any atom is 0.271 e. The Morgan fingerprint density at radius 1 is 1.00 bits per heavy atom. The monoisotopic (exact) mass is 444 g/mol. The molecule has 0 spiro atoms. The zero-order valence-corrected chi connectivity index (χ0v) is 17.9. The molecule has 0 amide bonds. The molecule has 2 heterocycles. The van der Waals surface area contributed by atoms with Crippen molar-refractivity contribution in [2.45, 2.75) is 17.6 Å². The van der Waals surface area contributed by atoms with Crippen molar-refractivity contribution < 1.29 is 12.8 Å². The van der Waals surface area contributed by atoms with Crippen molar-refractivity contribution in [1.82, 2.24) is 4.98 Å². The second-order valence-corrected chi connectivity index (χ2v) is 10.2. The van der Waals surface area contributed by atoms with E-state index in [9.17, 15) is 12.8 Å². The topological polar surface area (TPSA) is 59.1 Å². The summed E-state index contributed by atoms with van der Waals surface area (Å²) in [7, 11) is -3.70. The number of aryl methyl sites for hydroxylation is 1. The summed E-state index contributed by atoms with van der Waals surface area (Å²) < 4.78 is 42.7. The number of hydrogen-bond acceptors (Lipinski definition) is 5. The summed E-state index contributed by atoms with van der Waals surface area (Å²) in [5.74, 6) is -0.341. The van der Waals surface area contributed by atoms with E-state index in [1.807, 2.05) is 19.1 Å². The van der Waals surface area contributed by atoms with Crippen molar-refractivity contribution in [2.24, 2.45) is 0 Å². The van der Waals surface area contributed by atoms with Gasteiger partial charge in [0.05, 0.1) is 11.4 Å². The fourth-order valence-corrected chi connectivity index (χ4v) is 6.06. The molecule has 29 heavy (non-hydrogen) atoms. The van der Waals surface area contributed by atoms with E-state index >= 15 is 0 Å². The lowest BCUT2D eigenvalue weighted by Crippen LogP contribution is -2.12. The average Bonchev–Trinajstić information content (AvgIpc) is 3.39. The first-order chi connectivity index (χ1) is 14.0. The Morgan fingerprint density at radius 3 is 2.45 bits per heavy atom. The summed E-state index contributed by atoms with van der Waals surface area (Å²) in [5.41, 5.74) is 2.09. The quantitative estimate of drug-likeness (QED) is 0.394. The third kappa shape index (κ3) is 4.10. The van der Waals surface area contributed by atoms with Crippen LogP contribution < -0.4 is 4.72 Å².